The predicted octanol–water partition coefficient (Wildman–Crippen LogP) is 1.82. The molecule has 2 rings (SSSR count). The maximum atomic E-state index is 8.74. The molecule has 0 aliphatic carbocycles. The number of benzene rings is 1. The van der Waals surface area contributed by atoms with Crippen molar-refractivity contribution in [1.29, 1.82) is 0 Å². The summed E-state index contributed by atoms with van der Waals surface area (Å²) in [5.41, 5.74) is 6.83. The van der Waals surface area contributed by atoms with Gasteiger partial charge in [-0.25, -0.2) is 0 Å². The van der Waals surface area contributed by atoms with Crippen molar-refractivity contribution in [3.05, 3.63) is 22.7 Å². The lowest BCUT2D eigenvalue weighted by molar-refractivity contribution is 0.174. The van der Waals surface area contributed by atoms with Gasteiger partial charge in [0.1, 0.15) is 0 Å². The van der Waals surface area contributed by atoms with E-state index in [1.165, 1.54) is 0 Å². The van der Waals surface area contributed by atoms with E-state index < -0.39 is 0 Å². The fraction of sp³-hybridized carbons (Fsp3) is 0.571. The predicted molar refractivity (Wildman–Crippen MR) is 78.3 cm³/mol. The molecule has 112 valence electrons. The number of ether oxygens (including phenoxy) is 2. The van der Waals surface area contributed by atoms with E-state index in [0.717, 1.165) is 31.4 Å². The van der Waals surface area contributed by atoms with E-state index in [4.69, 9.17) is 31.9 Å². The van der Waals surface area contributed by atoms with Crippen LogP contribution in [0.25, 0.3) is 0 Å². The van der Waals surface area contributed by atoms with E-state index in [-0.39, 0.29) is 19.4 Å². The minimum atomic E-state index is 0.0381. The van der Waals surface area contributed by atoms with Crippen LogP contribution in [-0.2, 0) is 0 Å². The van der Waals surface area contributed by atoms with E-state index >= 15 is 0 Å². The number of hydrogen-bond acceptors (Lipinski definition) is 5. The first kappa shape index (κ1) is 15.4. The highest BCUT2D eigenvalue weighted by Crippen LogP contribution is 2.40. The quantitative estimate of drug-likeness (QED) is 0.639. The zero-order valence-corrected chi connectivity index (χ0v) is 12.2. The summed E-state index contributed by atoms with van der Waals surface area (Å²) in [4.78, 5) is 0. The first-order valence-electron chi connectivity index (χ1n) is 6.89. The lowest BCUT2D eigenvalue weighted by Gasteiger charge is -2.18. The fourth-order valence-electron chi connectivity index (χ4n) is 2.22. The van der Waals surface area contributed by atoms with Gasteiger partial charge in [0.2, 0.25) is 6.79 Å². The highest BCUT2D eigenvalue weighted by molar-refractivity contribution is 6.32. The van der Waals surface area contributed by atoms with E-state index in [1.54, 1.807) is 0 Å². The summed E-state index contributed by atoms with van der Waals surface area (Å²) in [5.74, 6) is 1.28. The first-order valence-corrected chi connectivity index (χ1v) is 7.27. The van der Waals surface area contributed by atoms with Crippen LogP contribution in [0.2, 0.25) is 5.02 Å². The number of nitrogens with one attached hydrogen (secondary N) is 1. The molecule has 0 aromatic heterocycles. The molecule has 1 unspecified atom stereocenters. The van der Waals surface area contributed by atoms with E-state index in [1.807, 2.05) is 12.1 Å². The molecule has 0 fully saturated rings. The average Bonchev–Trinajstić information content (AvgIpc) is 2.92. The maximum Gasteiger partial charge on any atom is 0.231 e. The van der Waals surface area contributed by atoms with Gasteiger partial charge in [0.05, 0.1) is 5.02 Å². The van der Waals surface area contributed by atoms with Crippen LogP contribution in [0.3, 0.4) is 0 Å². The zero-order valence-electron chi connectivity index (χ0n) is 11.4. The third kappa shape index (κ3) is 3.76. The van der Waals surface area contributed by atoms with Crippen LogP contribution in [0.15, 0.2) is 12.1 Å². The van der Waals surface area contributed by atoms with E-state index in [2.05, 4.69) is 5.32 Å². The van der Waals surface area contributed by atoms with Gasteiger partial charge in [-0.2, -0.15) is 0 Å². The Balaban J connectivity index is 1.95. The second-order valence-electron chi connectivity index (χ2n) is 4.76. The van der Waals surface area contributed by atoms with Crippen LogP contribution in [-0.4, -0.2) is 31.6 Å². The van der Waals surface area contributed by atoms with Crippen LogP contribution in [0.5, 0.6) is 11.5 Å². The Morgan fingerprint density at radius 1 is 1.30 bits per heavy atom. The summed E-state index contributed by atoms with van der Waals surface area (Å²) < 4.78 is 10.7. The zero-order chi connectivity index (χ0) is 14.4. The van der Waals surface area contributed by atoms with Crippen molar-refractivity contribution in [2.45, 2.75) is 25.3 Å². The van der Waals surface area contributed by atoms with Gasteiger partial charge in [-0.1, -0.05) is 11.6 Å². The van der Waals surface area contributed by atoms with Gasteiger partial charge in [0.15, 0.2) is 11.5 Å². The Hall–Kier alpha value is -1.01. The van der Waals surface area contributed by atoms with Crippen molar-refractivity contribution in [2.75, 3.05) is 26.5 Å². The molecular formula is C14H21ClN2O3. The number of rotatable bonds is 8. The van der Waals surface area contributed by atoms with Crippen LogP contribution in [0.4, 0.5) is 0 Å². The lowest BCUT2D eigenvalue weighted by Crippen LogP contribution is -2.29. The third-order valence-corrected chi connectivity index (χ3v) is 3.59. The smallest absolute Gasteiger partial charge is 0.231 e. The normalized spacial score (nSPS) is 14.6. The van der Waals surface area contributed by atoms with Gasteiger partial charge in [-0.3, -0.25) is 0 Å². The lowest BCUT2D eigenvalue weighted by atomic mass is 10.1. The van der Waals surface area contributed by atoms with Crippen LogP contribution in [0.1, 0.15) is 30.9 Å². The standard InChI is InChI=1S/C14H21ClN2O3/c15-11-6-10(7-13-14(11)20-9-19-13)12(8-16)17-4-2-1-3-5-18/h6-7,12,17-18H,1-5,8-9,16H2. The molecule has 0 spiro atoms. The SMILES string of the molecule is NCC(NCCCCCO)c1cc(Cl)c2c(c1)OCO2. The van der Waals surface area contributed by atoms with Gasteiger partial charge < -0.3 is 25.6 Å². The van der Waals surface area contributed by atoms with Crippen LogP contribution < -0.4 is 20.5 Å². The number of halogens is 1. The fourth-order valence-corrected chi connectivity index (χ4v) is 2.49. The molecule has 0 bridgehead atoms. The van der Waals surface area contributed by atoms with E-state index in [9.17, 15) is 0 Å². The van der Waals surface area contributed by atoms with Gasteiger partial charge in [0.25, 0.3) is 0 Å². The number of aliphatic hydroxyl groups is 1. The van der Waals surface area contributed by atoms with Gasteiger partial charge in [0, 0.05) is 19.2 Å². The van der Waals surface area contributed by atoms with Crippen molar-refractivity contribution < 1.29 is 14.6 Å². The molecule has 1 atom stereocenters. The molecule has 0 saturated heterocycles. The first-order chi connectivity index (χ1) is 9.76. The van der Waals surface area contributed by atoms with Crippen molar-refractivity contribution in [3.8, 4) is 11.5 Å². The van der Waals surface area contributed by atoms with Crippen molar-refractivity contribution in [1.82, 2.24) is 5.32 Å². The molecule has 1 heterocycles. The van der Waals surface area contributed by atoms with Crippen molar-refractivity contribution >= 4 is 11.6 Å². The number of nitrogens with two attached hydrogens (primary N) is 1. The molecule has 1 aliphatic rings. The average molecular weight is 301 g/mol. The monoisotopic (exact) mass is 300 g/mol. The number of unbranched alkanes of at least 4 members (excludes halogenated alkanes) is 2. The summed E-state index contributed by atoms with van der Waals surface area (Å²) in [5, 5.41) is 12.7. The molecule has 1 aromatic carbocycles. The largest absolute Gasteiger partial charge is 0.454 e. The maximum absolute atomic E-state index is 8.74. The molecule has 0 radical (unpaired) electrons. The highest BCUT2D eigenvalue weighted by atomic mass is 35.5. The summed E-state index contributed by atoms with van der Waals surface area (Å²) >= 11 is 6.18. The highest BCUT2D eigenvalue weighted by Gasteiger charge is 2.20. The Labute approximate surface area is 124 Å². The number of hydrogen-bond donors (Lipinski definition) is 3. The molecule has 1 aliphatic heterocycles. The second-order valence-corrected chi connectivity index (χ2v) is 5.17. The van der Waals surface area contributed by atoms with Gasteiger partial charge in [-0.15, -0.1) is 0 Å². The Kier molecular flexibility index (Phi) is 5.91. The molecule has 5 nitrogen and oxygen atoms in total. The van der Waals surface area contributed by atoms with Gasteiger partial charge >= 0.3 is 0 Å². The summed E-state index contributed by atoms with van der Waals surface area (Å²) in [7, 11) is 0. The Morgan fingerprint density at radius 2 is 2.15 bits per heavy atom. The summed E-state index contributed by atoms with van der Waals surface area (Å²) in [6.07, 6.45) is 2.85. The molecule has 4 N–H and O–H groups in total. The molecule has 1 aromatic rings. The molecule has 6 heteroatoms. The topological polar surface area (TPSA) is 76.7 Å². The molecule has 0 amide bonds. The van der Waals surface area contributed by atoms with Gasteiger partial charge in [-0.05, 0) is 43.5 Å². The summed E-state index contributed by atoms with van der Waals surface area (Å²) in [6.45, 7) is 1.79. The van der Waals surface area contributed by atoms with Crippen LogP contribution >= 0.6 is 11.6 Å². The van der Waals surface area contributed by atoms with E-state index in [0.29, 0.717) is 23.1 Å². The van der Waals surface area contributed by atoms with Crippen molar-refractivity contribution in [2.24, 2.45) is 5.73 Å². The van der Waals surface area contributed by atoms with Crippen molar-refractivity contribution in [3.63, 3.8) is 0 Å². The Morgan fingerprint density at radius 3 is 2.90 bits per heavy atom. The Bertz CT molecular complexity index is 443. The minimum absolute atomic E-state index is 0.0381. The minimum Gasteiger partial charge on any atom is -0.454 e. The van der Waals surface area contributed by atoms with Crippen LogP contribution in [0, 0.1) is 0 Å². The molecule has 0 saturated carbocycles. The number of fused-ring (bicyclic) bond motifs is 1. The molecule has 20 heavy (non-hydrogen) atoms. The second kappa shape index (κ2) is 7.69. The number of aliphatic hydroxyl groups excluding tert-OH is 1. The third-order valence-electron chi connectivity index (χ3n) is 3.31. The summed E-state index contributed by atoms with van der Waals surface area (Å²) in [6, 6.07) is 3.83. The molecular weight excluding hydrogens is 280 g/mol.